The van der Waals surface area contributed by atoms with Crippen LogP contribution in [0.2, 0.25) is 0 Å². The van der Waals surface area contributed by atoms with Crippen molar-refractivity contribution in [2.45, 2.75) is 32.2 Å². The molecule has 1 atom stereocenters. The molecular formula is C15H25NO3. The number of rotatable bonds is 8. The van der Waals surface area contributed by atoms with Gasteiger partial charge < -0.3 is 19.9 Å². The van der Waals surface area contributed by atoms with E-state index in [0.29, 0.717) is 0 Å². The molecule has 4 heteroatoms. The Labute approximate surface area is 115 Å². The Bertz CT molecular complexity index is 395. The standard InChI is InChI=1S/C15H25NO3/c1-5-8-16-15(2,11-17)10-12-6-7-13(18-3)14(9-12)19-4/h6-7,9,16-17H,5,8,10-11H2,1-4H3. The predicted octanol–water partition coefficient (Wildman–Crippen LogP) is 2.00. The third-order valence-electron chi connectivity index (χ3n) is 3.19. The number of benzene rings is 1. The van der Waals surface area contributed by atoms with Crippen molar-refractivity contribution in [3.63, 3.8) is 0 Å². The minimum absolute atomic E-state index is 0.0986. The molecule has 0 radical (unpaired) electrons. The van der Waals surface area contributed by atoms with Gasteiger partial charge in [0.2, 0.25) is 0 Å². The Balaban J connectivity index is 2.85. The molecule has 1 aromatic rings. The highest BCUT2D eigenvalue weighted by atomic mass is 16.5. The maximum absolute atomic E-state index is 9.58. The summed E-state index contributed by atoms with van der Waals surface area (Å²) in [5, 5.41) is 13.0. The molecule has 2 N–H and O–H groups in total. The minimum Gasteiger partial charge on any atom is -0.493 e. The molecule has 0 bridgehead atoms. The van der Waals surface area contributed by atoms with Crippen molar-refractivity contribution in [1.82, 2.24) is 5.32 Å². The zero-order chi connectivity index (χ0) is 14.3. The van der Waals surface area contributed by atoms with Gasteiger partial charge in [-0.1, -0.05) is 13.0 Å². The molecule has 0 aliphatic rings. The van der Waals surface area contributed by atoms with Gasteiger partial charge in [0.1, 0.15) is 0 Å². The molecule has 0 aliphatic heterocycles. The van der Waals surface area contributed by atoms with Gasteiger partial charge in [-0.2, -0.15) is 0 Å². The summed E-state index contributed by atoms with van der Waals surface area (Å²) in [4.78, 5) is 0. The van der Waals surface area contributed by atoms with Crippen molar-refractivity contribution in [3.8, 4) is 11.5 Å². The molecule has 0 amide bonds. The zero-order valence-electron chi connectivity index (χ0n) is 12.3. The summed E-state index contributed by atoms with van der Waals surface area (Å²) in [6, 6.07) is 5.86. The normalized spacial score (nSPS) is 13.9. The number of aliphatic hydroxyl groups excluding tert-OH is 1. The Kier molecular flexibility index (Phi) is 6.12. The van der Waals surface area contributed by atoms with Crippen LogP contribution in [0.3, 0.4) is 0 Å². The second-order valence-corrected chi connectivity index (χ2v) is 5.01. The fourth-order valence-corrected chi connectivity index (χ4v) is 2.04. The van der Waals surface area contributed by atoms with Gasteiger partial charge in [0.25, 0.3) is 0 Å². The lowest BCUT2D eigenvalue weighted by Gasteiger charge is -2.29. The van der Waals surface area contributed by atoms with E-state index < -0.39 is 0 Å². The molecular weight excluding hydrogens is 242 g/mol. The lowest BCUT2D eigenvalue weighted by Crippen LogP contribution is -2.47. The van der Waals surface area contributed by atoms with Crippen LogP contribution in [-0.2, 0) is 6.42 Å². The smallest absolute Gasteiger partial charge is 0.160 e. The number of ether oxygens (including phenoxy) is 2. The van der Waals surface area contributed by atoms with Crippen molar-refractivity contribution in [2.24, 2.45) is 0 Å². The molecule has 0 aromatic heterocycles. The highest BCUT2D eigenvalue weighted by Crippen LogP contribution is 2.28. The van der Waals surface area contributed by atoms with Gasteiger partial charge in [0, 0.05) is 5.54 Å². The summed E-state index contributed by atoms with van der Waals surface area (Å²) in [5.74, 6) is 1.44. The number of aliphatic hydroxyl groups is 1. The second kappa shape index (κ2) is 7.36. The van der Waals surface area contributed by atoms with Gasteiger partial charge >= 0.3 is 0 Å². The fourth-order valence-electron chi connectivity index (χ4n) is 2.04. The molecule has 19 heavy (non-hydrogen) atoms. The average Bonchev–Trinajstić information content (AvgIpc) is 2.45. The molecule has 1 unspecified atom stereocenters. The SMILES string of the molecule is CCCNC(C)(CO)Cc1ccc(OC)c(OC)c1. The summed E-state index contributed by atoms with van der Waals surface area (Å²) in [5.41, 5.74) is 0.799. The van der Waals surface area contributed by atoms with E-state index in [1.807, 2.05) is 25.1 Å². The Morgan fingerprint density at radius 2 is 1.89 bits per heavy atom. The Hall–Kier alpha value is -1.26. The van der Waals surface area contributed by atoms with E-state index in [2.05, 4.69) is 12.2 Å². The predicted molar refractivity (Wildman–Crippen MR) is 77.0 cm³/mol. The van der Waals surface area contributed by atoms with Gasteiger partial charge in [-0.25, -0.2) is 0 Å². The van der Waals surface area contributed by atoms with E-state index in [9.17, 15) is 5.11 Å². The Morgan fingerprint density at radius 3 is 2.42 bits per heavy atom. The van der Waals surface area contributed by atoms with Crippen LogP contribution in [0.5, 0.6) is 11.5 Å². The van der Waals surface area contributed by atoms with Crippen LogP contribution in [0.25, 0.3) is 0 Å². The van der Waals surface area contributed by atoms with Crippen LogP contribution in [-0.4, -0.2) is 38.0 Å². The molecule has 0 heterocycles. The minimum atomic E-state index is -0.310. The molecule has 1 aromatic carbocycles. The first-order valence-corrected chi connectivity index (χ1v) is 6.65. The molecule has 0 aliphatic carbocycles. The fraction of sp³-hybridized carbons (Fsp3) is 0.600. The number of nitrogens with one attached hydrogen (secondary N) is 1. The van der Waals surface area contributed by atoms with E-state index in [1.165, 1.54) is 0 Å². The van der Waals surface area contributed by atoms with Crippen LogP contribution < -0.4 is 14.8 Å². The number of methoxy groups -OCH3 is 2. The molecule has 0 fully saturated rings. The molecule has 4 nitrogen and oxygen atoms in total. The molecule has 108 valence electrons. The number of hydrogen-bond acceptors (Lipinski definition) is 4. The van der Waals surface area contributed by atoms with E-state index >= 15 is 0 Å². The summed E-state index contributed by atoms with van der Waals surface area (Å²) >= 11 is 0. The van der Waals surface area contributed by atoms with Crippen LogP contribution in [0.4, 0.5) is 0 Å². The molecule has 0 saturated heterocycles. The quantitative estimate of drug-likeness (QED) is 0.756. The topological polar surface area (TPSA) is 50.7 Å². The molecule has 0 spiro atoms. The van der Waals surface area contributed by atoms with Gasteiger partial charge in [-0.3, -0.25) is 0 Å². The van der Waals surface area contributed by atoms with Gasteiger partial charge in [0.05, 0.1) is 20.8 Å². The van der Waals surface area contributed by atoms with Gasteiger partial charge in [0.15, 0.2) is 11.5 Å². The highest BCUT2D eigenvalue weighted by molar-refractivity contribution is 5.43. The number of hydrogen-bond donors (Lipinski definition) is 2. The summed E-state index contributed by atoms with van der Waals surface area (Å²) in [6.07, 6.45) is 1.78. The highest BCUT2D eigenvalue weighted by Gasteiger charge is 2.23. The summed E-state index contributed by atoms with van der Waals surface area (Å²) < 4.78 is 10.5. The third-order valence-corrected chi connectivity index (χ3v) is 3.19. The average molecular weight is 267 g/mol. The maximum atomic E-state index is 9.58. The summed E-state index contributed by atoms with van der Waals surface area (Å²) in [7, 11) is 3.25. The van der Waals surface area contributed by atoms with Crippen molar-refractivity contribution >= 4 is 0 Å². The van der Waals surface area contributed by atoms with Crippen molar-refractivity contribution < 1.29 is 14.6 Å². The second-order valence-electron chi connectivity index (χ2n) is 5.01. The lowest BCUT2D eigenvalue weighted by molar-refractivity contribution is 0.174. The lowest BCUT2D eigenvalue weighted by atomic mass is 9.93. The van der Waals surface area contributed by atoms with Crippen molar-refractivity contribution in [1.29, 1.82) is 0 Å². The van der Waals surface area contributed by atoms with Gasteiger partial charge in [-0.15, -0.1) is 0 Å². The maximum Gasteiger partial charge on any atom is 0.160 e. The van der Waals surface area contributed by atoms with Crippen LogP contribution in [0.15, 0.2) is 18.2 Å². The zero-order valence-corrected chi connectivity index (χ0v) is 12.3. The summed E-state index contributed by atoms with van der Waals surface area (Å²) in [6.45, 7) is 5.13. The van der Waals surface area contributed by atoms with Crippen LogP contribution in [0, 0.1) is 0 Å². The third kappa shape index (κ3) is 4.40. The van der Waals surface area contributed by atoms with E-state index in [0.717, 1.165) is 36.4 Å². The first-order chi connectivity index (χ1) is 9.08. The van der Waals surface area contributed by atoms with Crippen molar-refractivity contribution in [2.75, 3.05) is 27.4 Å². The van der Waals surface area contributed by atoms with Crippen LogP contribution >= 0.6 is 0 Å². The monoisotopic (exact) mass is 267 g/mol. The van der Waals surface area contributed by atoms with E-state index in [-0.39, 0.29) is 12.1 Å². The molecule has 1 rings (SSSR count). The van der Waals surface area contributed by atoms with E-state index in [1.54, 1.807) is 14.2 Å². The van der Waals surface area contributed by atoms with Crippen molar-refractivity contribution in [3.05, 3.63) is 23.8 Å². The Morgan fingerprint density at radius 1 is 1.21 bits per heavy atom. The first kappa shape index (κ1) is 15.8. The van der Waals surface area contributed by atoms with Crippen LogP contribution in [0.1, 0.15) is 25.8 Å². The van der Waals surface area contributed by atoms with Gasteiger partial charge in [-0.05, 0) is 44.0 Å². The van der Waals surface area contributed by atoms with E-state index in [4.69, 9.17) is 9.47 Å². The first-order valence-electron chi connectivity index (χ1n) is 6.65. The largest absolute Gasteiger partial charge is 0.493 e. The molecule has 0 saturated carbocycles.